The van der Waals surface area contributed by atoms with Crippen molar-refractivity contribution in [1.29, 1.82) is 0 Å². The lowest BCUT2D eigenvalue weighted by Crippen LogP contribution is -2.47. The molecule has 2 aliphatic rings. The van der Waals surface area contributed by atoms with Crippen molar-refractivity contribution >= 4 is 6.21 Å². The van der Waals surface area contributed by atoms with E-state index in [1.807, 2.05) is 0 Å². The number of nitrogens with zero attached hydrogens (tertiary/aromatic N) is 3. The average molecular weight is 265 g/mol. The zero-order valence-electron chi connectivity index (χ0n) is 12.0. The molecule has 4 N–H and O–H groups in total. The smallest absolute Gasteiger partial charge is 0.0653 e. The molecule has 0 aromatic heterocycles. The van der Waals surface area contributed by atoms with E-state index >= 15 is 0 Å². The molecule has 0 spiro atoms. The van der Waals surface area contributed by atoms with Gasteiger partial charge >= 0.3 is 0 Å². The van der Waals surface area contributed by atoms with Gasteiger partial charge in [0.25, 0.3) is 0 Å². The second kappa shape index (κ2) is 6.91. The zero-order valence-corrected chi connectivity index (χ0v) is 12.0. The Balaban J connectivity index is 1.75. The molecule has 19 heavy (non-hydrogen) atoms. The summed E-state index contributed by atoms with van der Waals surface area (Å²) in [6.07, 6.45) is 8.01. The van der Waals surface area contributed by atoms with E-state index < -0.39 is 0 Å². The highest BCUT2D eigenvalue weighted by atomic mass is 15.2. The van der Waals surface area contributed by atoms with Crippen LogP contribution >= 0.6 is 0 Å². The van der Waals surface area contributed by atoms with Crippen molar-refractivity contribution in [2.75, 3.05) is 33.2 Å². The topological polar surface area (TPSA) is 70.9 Å². The first-order chi connectivity index (χ1) is 9.19. The number of hydrogen-bond acceptors (Lipinski definition) is 5. The van der Waals surface area contributed by atoms with Crippen molar-refractivity contribution in [1.82, 2.24) is 9.80 Å². The van der Waals surface area contributed by atoms with Crippen molar-refractivity contribution in [3.8, 4) is 0 Å². The Bertz CT molecular complexity index is 323. The average Bonchev–Trinajstić information content (AvgIpc) is 2.46. The van der Waals surface area contributed by atoms with E-state index in [0.29, 0.717) is 11.7 Å². The van der Waals surface area contributed by atoms with Crippen LogP contribution in [0.3, 0.4) is 0 Å². The Morgan fingerprint density at radius 2 is 1.74 bits per heavy atom. The van der Waals surface area contributed by atoms with Gasteiger partial charge in [0.05, 0.1) is 11.7 Å². The Morgan fingerprint density at radius 1 is 1.11 bits per heavy atom. The van der Waals surface area contributed by atoms with E-state index in [4.69, 9.17) is 11.5 Å². The van der Waals surface area contributed by atoms with Crippen molar-refractivity contribution in [3.05, 3.63) is 11.9 Å². The molecule has 5 heteroatoms. The monoisotopic (exact) mass is 265 g/mol. The molecule has 2 aliphatic heterocycles. The highest BCUT2D eigenvalue weighted by molar-refractivity contribution is 5.77. The molecule has 0 aliphatic carbocycles. The molecule has 2 heterocycles. The number of piperidine rings is 2. The summed E-state index contributed by atoms with van der Waals surface area (Å²) in [6, 6.07) is 1.20. The fraction of sp³-hybridized carbons (Fsp3) is 0.786. The molecule has 5 nitrogen and oxygen atoms in total. The molecule has 0 unspecified atom stereocenters. The zero-order chi connectivity index (χ0) is 13.7. The van der Waals surface area contributed by atoms with Gasteiger partial charge in [0.1, 0.15) is 0 Å². The van der Waals surface area contributed by atoms with Gasteiger partial charge in [-0.2, -0.15) is 0 Å². The van der Waals surface area contributed by atoms with Crippen LogP contribution in [0, 0.1) is 0 Å². The number of nitrogens with two attached hydrogens (primary N) is 2. The first-order valence-corrected chi connectivity index (χ1v) is 7.32. The molecule has 2 rings (SSSR count). The fourth-order valence-corrected chi connectivity index (χ4v) is 2.99. The van der Waals surface area contributed by atoms with E-state index in [2.05, 4.69) is 21.8 Å². The third-order valence-electron chi connectivity index (χ3n) is 4.33. The van der Waals surface area contributed by atoms with Crippen LogP contribution in [0.15, 0.2) is 16.9 Å². The number of likely N-dealkylation sites (tertiary alicyclic amines) is 2. The van der Waals surface area contributed by atoms with Gasteiger partial charge in [-0.05, 0) is 45.8 Å². The Morgan fingerprint density at radius 3 is 2.32 bits per heavy atom. The summed E-state index contributed by atoms with van der Waals surface area (Å²) < 4.78 is 0. The number of allylic oxidation sites excluding steroid dienone is 1. The van der Waals surface area contributed by atoms with Gasteiger partial charge in [-0.25, -0.2) is 0 Å². The number of hydrogen-bond donors (Lipinski definition) is 2. The molecule has 0 radical (unpaired) electrons. The quantitative estimate of drug-likeness (QED) is 0.724. The predicted molar refractivity (Wildman–Crippen MR) is 80.1 cm³/mol. The summed E-state index contributed by atoms with van der Waals surface area (Å²) in [5.41, 5.74) is 11.5. The molecular weight excluding hydrogens is 238 g/mol. The van der Waals surface area contributed by atoms with Crippen LogP contribution in [-0.2, 0) is 0 Å². The number of rotatable bonds is 3. The molecule has 0 amide bonds. The van der Waals surface area contributed by atoms with Crippen molar-refractivity contribution in [2.24, 2.45) is 16.5 Å². The standard InChI is InChI=1S/C14H27N5/c1-18-6-4-14(5-7-18)19-8-2-13(3-9-19)17-11-12(16)10-15/h10-11,13-14H,2-9,15-16H2,1H3/b12-10+,17-11?. The van der Waals surface area contributed by atoms with Crippen molar-refractivity contribution in [3.63, 3.8) is 0 Å². The molecule has 0 bridgehead atoms. The van der Waals surface area contributed by atoms with Gasteiger partial charge in [0.2, 0.25) is 0 Å². The minimum atomic E-state index is 0.418. The predicted octanol–water partition coefficient (Wildman–Crippen LogP) is 0.375. The van der Waals surface area contributed by atoms with Crippen molar-refractivity contribution < 1.29 is 0 Å². The summed E-state index contributed by atoms with van der Waals surface area (Å²) in [5.74, 6) is 0. The lowest BCUT2D eigenvalue weighted by Gasteiger charge is -2.40. The highest BCUT2D eigenvalue weighted by Crippen LogP contribution is 2.21. The maximum Gasteiger partial charge on any atom is 0.0653 e. The SMILES string of the molecule is CN1CCC(N2CCC(N=C/C(N)=C\N)CC2)CC1. The highest BCUT2D eigenvalue weighted by Gasteiger charge is 2.26. The van der Waals surface area contributed by atoms with Gasteiger partial charge in [0.15, 0.2) is 0 Å². The summed E-state index contributed by atoms with van der Waals surface area (Å²) in [4.78, 5) is 9.59. The van der Waals surface area contributed by atoms with Gasteiger partial charge in [-0.1, -0.05) is 0 Å². The van der Waals surface area contributed by atoms with E-state index in [1.54, 1.807) is 6.21 Å². The Kier molecular flexibility index (Phi) is 5.22. The minimum Gasteiger partial charge on any atom is -0.403 e. The van der Waals surface area contributed by atoms with Crippen LogP contribution in [0.5, 0.6) is 0 Å². The van der Waals surface area contributed by atoms with Crippen LogP contribution in [0.1, 0.15) is 25.7 Å². The van der Waals surface area contributed by atoms with Crippen LogP contribution < -0.4 is 11.5 Å². The molecule has 2 fully saturated rings. The van der Waals surface area contributed by atoms with Crippen molar-refractivity contribution in [2.45, 2.75) is 37.8 Å². The first kappa shape index (κ1) is 14.3. The van der Waals surface area contributed by atoms with Crippen LogP contribution in [0.25, 0.3) is 0 Å². The van der Waals surface area contributed by atoms with Crippen LogP contribution in [0.4, 0.5) is 0 Å². The summed E-state index contributed by atoms with van der Waals surface area (Å²) >= 11 is 0. The van der Waals surface area contributed by atoms with E-state index in [-0.39, 0.29) is 0 Å². The molecule has 0 aromatic carbocycles. The normalized spacial score (nSPS) is 26.3. The Labute approximate surface area is 116 Å². The van der Waals surface area contributed by atoms with E-state index in [0.717, 1.165) is 18.9 Å². The van der Waals surface area contributed by atoms with Crippen LogP contribution in [-0.4, -0.2) is 61.3 Å². The molecule has 2 saturated heterocycles. The second-order valence-electron chi connectivity index (χ2n) is 5.75. The molecule has 0 saturated carbocycles. The third-order valence-corrected chi connectivity index (χ3v) is 4.33. The van der Waals surface area contributed by atoms with E-state index in [1.165, 1.54) is 45.2 Å². The largest absolute Gasteiger partial charge is 0.403 e. The van der Waals surface area contributed by atoms with Gasteiger partial charge in [-0.15, -0.1) is 0 Å². The fourth-order valence-electron chi connectivity index (χ4n) is 2.99. The van der Waals surface area contributed by atoms with Crippen LogP contribution in [0.2, 0.25) is 0 Å². The summed E-state index contributed by atoms with van der Waals surface area (Å²) in [5, 5.41) is 0. The first-order valence-electron chi connectivity index (χ1n) is 7.32. The van der Waals surface area contributed by atoms with Gasteiger partial charge in [-0.3, -0.25) is 4.99 Å². The summed E-state index contributed by atoms with van der Waals surface area (Å²) in [7, 11) is 2.21. The minimum absolute atomic E-state index is 0.418. The third kappa shape index (κ3) is 4.21. The van der Waals surface area contributed by atoms with Gasteiger partial charge in [0, 0.05) is 31.5 Å². The molecular formula is C14H27N5. The van der Waals surface area contributed by atoms with Gasteiger partial charge < -0.3 is 21.3 Å². The second-order valence-corrected chi connectivity index (χ2v) is 5.75. The maximum absolute atomic E-state index is 5.62. The Hall–Kier alpha value is -1.07. The maximum atomic E-state index is 5.62. The van der Waals surface area contributed by atoms with E-state index in [9.17, 15) is 0 Å². The lowest BCUT2D eigenvalue weighted by molar-refractivity contribution is 0.0976. The summed E-state index contributed by atoms with van der Waals surface area (Å²) in [6.45, 7) is 4.81. The molecule has 108 valence electrons. The lowest BCUT2D eigenvalue weighted by atomic mass is 9.98. The molecule has 0 atom stereocenters. The number of aliphatic imine (C=N–C) groups is 1. The molecule has 0 aromatic rings.